The Bertz CT molecular complexity index is 942. The quantitative estimate of drug-likeness (QED) is 0.718. The zero-order valence-electron chi connectivity index (χ0n) is 15.1. The van der Waals surface area contributed by atoms with Gasteiger partial charge in [-0.2, -0.15) is 0 Å². The van der Waals surface area contributed by atoms with Gasteiger partial charge in [0.2, 0.25) is 0 Å². The van der Waals surface area contributed by atoms with Crippen LogP contribution in [0.2, 0.25) is 0 Å². The van der Waals surface area contributed by atoms with Crippen LogP contribution in [0.1, 0.15) is 54.5 Å². The maximum Gasteiger partial charge on any atom is 0.159 e. The molecule has 0 unspecified atom stereocenters. The van der Waals surface area contributed by atoms with Crippen LogP contribution in [-0.2, 0) is 0 Å². The van der Waals surface area contributed by atoms with Gasteiger partial charge in [-0.1, -0.05) is 0 Å². The lowest BCUT2D eigenvalue weighted by Gasteiger charge is -2.32. The molecule has 0 aromatic carbocycles. The first kappa shape index (κ1) is 15.7. The molecule has 0 amide bonds. The summed E-state index contributed by atoms with van der Waals surface area (Å²) in [4.78, 5) is 20.7. The van der Waals surface area contributed by atoms with Gasteiger partial charge in [-0.3, -0.25) is 4.98 Å². The van der Waals surface area contributed by atoms with Gasteiger partial charge < -0.3 is 4.90 Å². The molecular formula is C21H23N5. The summed E-state index contributed by atoms with van der Waals surface area (Å²) in [5.41, 5.74) is 4.41. The Morgan fingerprint density at radius 3 is 2.54 bits per heavy atom. The molecule has 2 fully saturated rings. The molecule has 1 aliphatic carbocycles. The fraction of sp³-hybridized carbons (Fsp3) is 0.429. The molecule has 0 spiro atoms. The van der Waals surface area contributed by atoms with Crippen LogP contribution in [-0.4, -0.2) is 33.0 Å². The Morgan fingerprint density at radius 2 is 1.77 bits per heavy atom. The highest BCUT2D eigenvalue weighted by Crippen LogP contribution is 2.40. The van der Waals surface area contributed by atoms with Crippen molar-refractivity contribution < 1.29 is 0 Å². The molecule has 5 heteroatoms. The van der Waals surface area contributed by atoms with Crippen molar-refractivity contribution in [2.45, 2.75) is 44.4 Å². The average molecular weight is 345 g/mol. The van der Waals surface area contributed by atoms with E-state index < -0.39 is 0 Å². The van der Waals surface area contributed by atoms with Gasteiger partial charge in [-0.25, -0.2) is 15.0 Å². The molecular weight excluding hydrogens is 322 g/mol. The maximum absolute atomic E-state index is 4.87. The number of hydrogen-bond donors (Lipinski definition) is 0. The van der Waals surface area contributed by atoms with Crippen molar-refractivity contribution in [3.05, 3.63) is 53.7 Å². The molecule has 0 radical (unpaired) electrons. The van der Waals surface area contributed by atoms with Crippen LogP contribution in [0.4, 0.5) is 5.82 Å². The zero-order valence-corrected chi connectivity index (χ0v) is 15.1. The lowest BCUT2D eigenvalue weighted by atomic mass is 9.93. The zero-order chi connectivity index (χ0) is 17.5. The van der Waals surface area contributed by atoms with Crippen molar-refractivity contribution in [2.75, 3.05) is 18.0 Å². The molecule has 0 bridgehead atoms. The molecule has 0 N–H and O–H groups in total. The van der Waals surface area contributed by atoms with Gasteiger partial charge in [0.1, 0.15) is 5.82 Å². The third-order valence-corrected chi connectivity index (χ3v) is 5.61. The normalized spacial score (nSPS) is 18.4. The van der Waals surface area contributed by atoms with Crippen LogP contribution in [0.15, 0.2) is 36.8 Å². The Morgan fingerprint density at radius 1 is 0.923 bits per heavy atom. The Hall–Kier alpha value is -2.56. The minimum absolute atomic E-state index is 0.498. The lowest BCUT2D eigenvalue weighted by molar-refractivity contribution is 0.494. The molecule has 5 nitrogen and oxygen atoms in total. The number of hydrogen-bond acceptors (Lipinski definition) is 5. The van der Waals surface area contributed by atoms with Crippen molar-refractivity contribution in [1.29, 1.82) is 0 Å². The van der Waals surface area contributed by atoms with Crippen molar-refractivity contribution in [2.24, 2.45) is 0 Å². The topological polar surface area (TPSA) is 54.8 Å². The largest absolute Gasteiger partial charge is 0.355 e. The van der Waals surface area contributed by atoms with Crippen LogP contribution in [0.25, 0.3) is 11.0 Å². The van der Waals surface area contributed by atoms with Crippen molar-refractivity contribution in [3.8, 4) is 0 Å². The molecule has 132 valence electrons. The number of aryl methyl sites for hydroxylation is 1. The average Bonchev–Trinajstić information content (AvgIpc) is 3.53. The van der Waals surface area contributed by atoms with Crippen LogP contribution < -0.4 is 4.90 Å². The van der Waals surface area contributed by atoms with Crippen LogP contribution in [0.5, 0.6) is 0 Å². The number of rotatable bonds is 3. The van der Waals surface area contributed by atoms with E-state index in [1.165, 1.54) is 29.5 Å². The highest BCUT2D eigenvalue weighted by Gasteiger charge is 2.25. The monoisotopic (exact) mass is 345 g/mol. The number of pyridine rings is 2. The van der Waals surface area contributed by atoms with E-state index in [1.54, 1.807) is 6.20 Å². The van der Waals surface area contributed by atoms with E-state index in [-0.39, 0.29) is 0 Å². The highest BCUT2D eigenvalue weighted by atomic mass is 15.2. The van der Waals surface area contributed by atoms with Gasteiger partial charge in [-0.15, -0.1) is 0 Å². The number of fused-ring (bicyclic) bond motifs is 1. The third kappa shape index (κ3) is 3.02. The predicted octanol–water partition coefficient (Wildman–Crippen LogP) is 3.99. The van der Waals surface area contributed by atoms with E-state index in [1.807, 2.05) is 19.3 Å². The van der Waals surface area contributed by atoms with Crippen LogP contribution >= 0.6 is 0 Å². The first-order valence-electron chi connectivity index (χ1n) is 9.56. The predicted molar refractivity (Wildman–Crippen MR) is 102 cm³/mol. The Labute approximate surface area is 153 Å². The van der Waals surface area contributed by atoms with Crippen molar-refractivity contribution >= 4 is 16.9 Å². The molecule has 5 rings (SSSR count). The minimum Gasteiger partial charge on any atom is -0.355 e. The summed E-state index contributed by atoms with van der Waals surface area (Å²) in [6, 6.07) is 6.68. The van der Waals surface area contributed by atoms with E-state index in [2.05, 4.69) is 38.1 Å². The third-order valence-electron chi connectivity index (χ3n) is 5.61. The summed E-state index contributed by atoms with van der Waals surface area (Å²) in [7, 11) is 0. The molecule has 0 atom stereocenters. The first-order valence-corrected chi connectivity index (χ1v) is 9.56. The molecule has 1 saturated carbocycles. The van der Waals surface area contributed by atoms with E-state index in [0.29, 0.717) is 5.92 Å². The second-order valence-corrected chi connectivity index (χ2v) is 7.61. The van der Waals surface area contributed by atoms with Crippen LogP contribution in [0, 0.1) is 6.92 Å². The number of nitrogens with zero attached hydrogens (tertiary/aromatic N) is 5. The number of piperidine rings is 1. The molecule has 26 heavy (non-hydrogen) atoms. The second-order valence-electron chi connectivity index (χ2n) is 7.61. The maximum atomic E-state index is 4.87. The fourth-order valence-corrected chi connectivity index (χ4v) is 3.92. The summed E-state index contributed by atoms with van der Waals surface area (Å²) < 4.78 is 0. The standard InChI is InChI=1S/C21H23N5/c1-14-11-22-13-20(24-14)26-8-6-16(7-9-26)19-5-4-17-10-18(15-2-3-15)12-23-21(17)25-19/h4-5,10-13,15-16H,2-3,6-9H2,1H3. The summed E-state index contributed by atoms with van der Waals surface area (Å²) in [5, 5.41) is 1.17. The van der Waals surface area contributed by atoms with E-state index in [0.717, 1.165) is 49.0 Å². The smallest absolute Gasteiger partial charge is 0.159 e. The van der Waals surface area contributed by atoms with Crippen LogP contribution in [0.3, 0.4) is 0 Å². The summed E-state index contributed by atoms with van der Waals surface area (Å²) in [5.74, 6) is 2.23. The molecule has 1 aliphatic heterocycles. The van der Waals surface area contributed by atoms with E-state index >= 15 is 0 Å². The minimum atomic E-state index is 0.498. The lowest BCUT2D eigenvalue weighted by Crippen LogP contribution is -2.33. The van der Waals surface area contributed by atoms with E-state index in [4.69, 9.17) is 4.98 Å². The summed E-state index contributed by atoms with van der Waals surface area (Å²) >= 11 is 0. The SMILES string of the molecule is Cc1cncc(N2CCC(c3ccc4cc(C5CC5)cnc4n3)CC2)n1. The number of anilines is 1. The van der Waals surface area contributed by atoms with Crippen molar-refractivity contribution in [1.82, 2.24) is 19.9 Å². The molecule has 2 aliphatic rings. The van der Waals surface area contributed by atoms with Gasteiger partial charge >= 0.3 is 0 Å². The van der Waals surface area contributed by atoms with Crippen molar-refractivity contribution in [3.63, 3.8) is 0 Å². The molecule has 3 aromatic rings. The van der Waals surface area contributed by atoms with Gasteiger partial charge in [0.25, 0.3) is 0 Å². The second kappa shape index (κ2) is 6.31. The number of aromatic nitrogens is 4. The Kier molecular flexibility index (Phi) is 3.80. The molecule has 4 heterocycles. The van der Waals surface area contributed by atoms with E-state index in [9.17, 15) is 0 Å². The fourth-order valence-electron chi connectivity index (χ4n) is 3.92. The summed E-state index contributed by atoms with van der Waals surface area (Å²) in [6.07, 6.45) is 10.5. The van der Waals surface area contributed by atoms with Gasteiger partial charge in [0.15, 0.2) is 5.65 Å². The highest BCUT2D eigenvalue weighted by molar-refractivity contribution is 5.75. The molecule has 3 aromatic heterocycles. The van der Waals surface area contributed by atoms with Gasteiger partial charge in [0.05, 0.1) is 11.9 Å². The van der Waals surface area contributed by atoms with Gasteiger partial charge in [-0.05, 0) is 62.3 Å². The summed E-state index contributed by atoms with van der Waals surface area (Å²) in [6.45, 7) is 3.98. The first-order chi connectivity index (χ1) is 12.8. The Balaban J connectivity index is 1.32. The van der Waals surface area contributed by atoms with Gasteiger partial charge in [0, 0.05) is 42.5 Å². The molecule has 1 saturated heterocycles.